The zero-order valence-corrected chi connectivity index (χ0v) is 13.6. The van der Waals surface area contributed by atoms with Crippen LogP contribution in [-0.4, -0.2) is 39.1 Å². The number of H-pyrrole nitrogens is 1. The Balaban J connectivity index is 1.74. The standard InChI is InChI=1S/C17H24N6/c1-2-15-20-16(22-21-15)13-18-17(23-11-7-4-8-12-23)19-14-9-5-3-6-10-14/h3,5-6,9-10H,2,4,7-8,11-13H2,1H3,(H,18,19)(H,20,21,22). The molecule has 1 aliphatic rings. The van der Waals surface area contributed by atoms with Gasteiger partial charge in [-0.2, -0.15) is 5.10 Å². The summed E-state index contributed by atoms with van der Waals surface area (Å²) in [6, 6.07) is 10.2. The fourth-order valence-electron chi connectivity index (χ4n) is 2.69. The number of aromatic nitrogens is 3. The van der Waals surface area contributed by atoms with Gasteiger partial charge >= 0.3 is 0 Å². The highest BCUT2D eigenvalue weighted by molar-refractivity contribution is 5.93. The topological polar surface area (TPSA) is 69.2 Å². The molecular weight excluding hydrogens is 288 g/mol. The maximum Gasteiger partial charge on any atom is 0.198 e. The summed E-state index contributed by atoms with van der Waals surface area (Å²) >= 11 is 0. The number of nitrogens with zero attached hydrogens (tertiary/aromatic N) is 4. The molecule has 0 bridgehead atoms. The first-order valence-corrected chi connectivity index (χ1v) is 8.37. The Hall–Kier alpha value is -2.37. The number of likely N-dealkylation sites (tertiary alicyclic amines) is 1. The van der Waals surface area contributed by atoms with Crippen LogP contribution in [0.2, 0.25) is 0 Å². The molecule has 0 amide bonds. The van der Waals surface area contributed by atoms with E-state index < -0.39 is 0 Å². The quantitative estimate of drug-likeness (QED) is 0.673. The van der Waals surface area contributed by atoms with E-state index in [4.69, 9.17) is 4.99 Å². The molecule has 2 aromatic rings. The third kappa shape index (κ3) is 4.31. The van der Waals surface area contributed by atoms with E-state index >= 15 is 0 Å². The number of nitrogens with one attached hydrogen (secondary N) is 2. The van der Waals surface area contributed by atoms with Crippen LogP contribution < -0.4 is 5.32 Å². The van der Waals surface area contributed by atoms with Crippen LogP contribution in [0.25, 0.3) is 0 Å². The van der Waals surface area contributed by atoms with E-state index in [0.29, 0.717) is 6.54 Å². The third-order valence-electron chi connectivity index (χ3n) is 3.96. The lowest BCUT2D eigenvalue weighted by Gasteiger charge is -2.30. The first-order valence-electron chi connectivity index (χ1n) is 8.37. The lowest BCUT2D eigenvalue weighted by atomic mass is 10.1. The van der Waals surface area contributed by atoms with Gasteiger partial charge in [-0.15, -0.1) is 0 Å². The van der Waals surface area contributed by atoms with Gasteiger partial charge in [0.1, 0.15) is 12.4 Å². The van der Waals surface area contributed by atoms with E-state index in [2.05, 4.69) is 37.5 Å². The number of anilines is 1. The van der Waals surface area contributed by atoms with Crippen molar-refractivity contribution in [2.75, 3.05) is 18.4 Å². The lowest BCUT2D eigenvalue weighted by Crippen LogP contribution is -2.40. The van der Waals surface area contributed by atoms with Gasteiger partial charge < -0.3 is 10.2 Å². The van der Waals surface area contributed by atoms with E-state index in [0.717, 1.165) is 42.8 Å². The molecule has 1 fully saturated rings. The fourth-order valence-corrected chi connectivity index (χ4v) is 2.69. The molecule has 0 spiro atoms. The first kappa shape index (κ1) is 15.5. The summed E-state index contributed by atoms with van der Waals surface area (Å²) in [5.74, 6) is 2.57. The maximum absolute atomic E-state index is 4.76. The highest BCUT2D eigenvalue weighted by Gasteiger charge is 2.15. The Bertz CT molecular complexity index is 628. The second kappa shape index (κ2) is 7.76. The van der Waals surface area contributed by atoms with Gasteiger partial charge in [0.15, 0.2) is 11.8 Å². The SMILES string of the molecule is CCc1n[nH]c(CN=C(Nc2ccccc2)N2CCCCC2)n1. The van der Waals surface area contributed by atoms with Crippen molar-refractivity contribution >= 4 is 11.6 Å². The van der Waals surface area contributed by atoms with Crippen LogP contribution in [0, 0.1) is 0 Å². The number of hydrogen-bond donors (Lipinski definition) is 2. The monoisotopic (exact) mass is 312 g/mol. The molecule has 6 nitrogen and oxygen atoms in total. The van der Waals surface area contributed by atoms with Gasteiger partial charge in [0, 0.05) is 25.2 Å². The Morgan fingerprint density at radius 2 is 2.00 bits per heavy atom. The summed E-state index contributed by atoms with van der Waals surface area (Å²) in [6.45, 7) is 4.66. The van der Waals surface area contributed by atoms with Gasteiger partial charge in [-0.3, -0.25) is 5.10 Å². The molecule has 1 aromatic carbocycles. The average Bonchev–Trinajstić information content (AvgIpc) is 3.08. The molecule has 1 aromatic heterocycles. The van der Waals surface area contributed by atoms with Gasteiger partial charge in [0.05, 0.1) is 0 Å². The van der Waals surface area contributed by atoms with Crippen molar-refractivity contribution < 1.29 is 0 Å². The fraction of sp³-hybridized carbons (Fsp3) is 0.471. The normalized spacial score (nSPS) is 15.7. The van der Waals surface area contributed by atoms with Gasteiger partial charge in [-0.1, -0.05) is 25.1 Å². The third-order valence-corrected chi connectivity index (χ3v) is 3.96. The van der Waals surface area contributed by atoms with Crippen LogP contribution >= 0.6 is 0 Å². The highest BCUT2D eigenvalue weighted by atomic mass is 15.3. The van der Waals surface area contributed by atoms with Crippen molar-refractivity contribution in [3.63, 3.8) is 0 Å². The maximum atomic E-state index is 4.76. The number of aryl methyl sites for hydroxylation is 1. The van der Waals surface area contributed by atoms with Crippen molar-refractivity contribution in [2.45, 2.75) is 39.2 Å². The van der Waals surface area contributed by atoms with Crippen LogP contribution in [0.3, 0.4) is 0 Å². The van der Waals surface area contributed by atoms with Crippen LogP contribution in [0.15, 0.2) is 35.3 Å². The Morgan fingerprint density at radius 3 is 2.70 bits per heavy atom. The number of aromatic amines is 1. The minimum Gasteiger partial charge on any atom is -0.343 e. The number of aliphatic imine (C=N–C) groups is 1. The van der Waals surface area contributed by atoms with E-state index in [1.807, 2.05) is 25.1 Å². The summed E-state index contributed by atoms with van der Waals surface area (Å²) in [7, 11) is 0. The molecule has 0 aliphatic carbocycles. The molecule has 2 N–H and O–H groups in total. The van der Waals surface area contributed by atoms with Gasteiger partial charge in [0.2, 0.25) is 0 Å². The Kier molecular flexibility index (Phi) is 5.24. The minimum atomic E-state index is 0.513. The molecule has 0 radical (unpaired) electrons. The van der Waals surface area contributed by atoms with Crippen molar-refractivity contribution in [1.82, 2.24) is 20.1 Å². The Morgan fingerprint density at radius 1 is 1.22 bits per heavy atom. The van der Waals surface area contributed by atoms with E-state index in [-0.39, 0.29) is 0 Å². The van der Waals surface area contributed by atoms with Crippen LogP contribution in [0.1, 0.15) is 37.8 Å². The van der Waals surface area contributed by atoms with Crippen LogP contribution in [-0.2, 0) is 13.0 Å². The summed E-state index contributed by atoms with van der Waals surface area (Å²) in [5, 5.41) is 10.6. The van der Waals surface area contributed by atoms with E-state index in [1.165, 1.54) is 19.3 Å². The minimum absolute atomic E-state index is 0.513. The summed E-state index contributed by atoms with van der Waals surface area (Å²) in [5.41, 5.74) is 1.06. The second-order valence-corrected chi connectivity index (χ2v) is 5.73. The summed E-state index contributed by atoms with van der Waals surface area (Å²) < 4.78 is 0. The van der Waals surface area contributed by atoms with Crippen molar-refractivity contribution in [1.29, 1.82) is 0 Å². The van der Waals surface area contributed by atoms with E-state index in [1.54, 1.807) is 0 Å². The number of piperidine rings is 1. The zero-order valence-electron chi connectivity index (χ0n) is 13.6. The molecule has 122 valence electrons. The predicted octanol–water partition coefficient (Wildman–Crippen LogP) is 2.82. The highest BCUT2D eigenvalue weighted by Crippen LogP contribution is 2.13. The molecule has 3 rings (SSSR count). The molecular formula is C17H24N6. The zero-order chi connectivity index (χ0) is 15.9. The summed E-state index contributed by atoms with van der Waals surface area (Å²) in [6.07, 6.45) is 4.58. The number of guanidine groups is 1. The van der Waals surface area contributed by atoms with Crippen molar-refractivity contribution in [3.8, 4) is 0 Å². The predicted molar refractivity (Wildman–Crippen MR) is 92.4 cm³/mol. The number of rotatable bonds is 4. The van der Waals surface area contributed by atoms with Gasteiger partial charge in [0.25, 0.3) is 0 Å². The molecule has 6 heteroatoms. The molecule has 1 saturated heterocycles. The molecule has 0 saturated carbocycles. The lowest BCUT2D eigenvalue weighted by molar-refractivity contribution is 0.340. The summed E-state index contributed by atoms with van der Waals surface area (Å²) in [4.78, 5) is 11.5. The molecule has 23 heavy (non-hydrogen) atoms. The van der Waals surface area contributed by atoms with E-state index in [9.17, 15) is 0 Å². The molecule has 1 aliphatic heterocycles. The molecule has 0 unspecified atom stereocenters. The number of hydrogen-bond acceptors (Lipinski definition) is 3. The smallest absolute Gasteiger partial charge is 0.198 e. The first-order chi connectivity index (χ1) is 11.3. The van der Waals surface area contributed by atoms with Crippen molar-refractivity contribution in [3.05, 3.63) is 42.0 Å². The van der Waals surface area contributed by atoms with Crippen molar-refractivity contribution in [2.24, 2.45) is 4.99 Å². The second-order valence-electron chi connectivity index (χ2n) is 5.73. The largest absolute Gasteiger partial charge is 0.343 e. The average molecular weight is 312 g/mol. The number of para-hydroxylation sites is 1. The molecule has 0 atom stereocenters. The molecule has 2 heterocycles. The van der Waals surface area contributed by atoms with Gasteiger partial charge in [-0.25, -0.2) is 9.98 Å². The van der Waals surface area contributed by atoms with Gasteiger partial charge in [-0.05, 0) is 31.4 Å². The van der Waals surface area contributed by atoms with Crippen LogP contribution in [0.5, 0.6) is 0 Å². The van der Waals surface area contributed by atoms with Crippen LogP contribution in [0.4, 0.5) is 5.69 Å². The Labute approximate surface area is 137 Å². The number of benzene rings is 1.